The number of carbonyl (C=O) groups is 1. The van der Waals surface area contributed by atoms with E-state index in [-0.39, 0.29) is 17.8 Å². The summed E-state index contributed by atoms with van der Waals surface area (Å²) in [4.78, 5) is 14.3. The van der Waals surface area contributed by atoms with Crippen molar-refractivity contribution in [2.45, 2.75) is 18.9 Å². The maximum absolute atomic E-state index is 10.6. The van der Waals surface area contributed by atoms with Crippen molar-refractivity contribution in [1.29, 1.82) is 0 Å². The van der Waals surface area contributed by atoms with Gasteiger partial charge in [0.2, 0.25) is 0 Å². The Balaban J connectivity index is 1.85. The number of hydrogen-bond donors (Lipinski definition) is 2. The number of nitrogens with one attached hydrogen (secondary N) is 1. The van der Waals surface area contributed by atoms with Crippen LogP contribution in [0, 0.1) is 5.92 Å². The highest BCUT2D eigenvalue weighted by Gasteiger charge is 2.31. The molecular weight excluding hydrogens is 212 g/mol. The second-order valence-electron chi connectivity index (χ2n) is 3.84. The predicted molar refractivity (Wildman–Crippen MR) is 55.5 cm³/mol. The van der Waals surface area contributed by atoms with Crippen molar-refractivity contribution >= 4 is 12.0 Å². The Morgan fingerprint density at radius 2 is 2.56 bits per heavy atom. The third-order valence-electron chi connectivity index (χ3n) is 2.63. The van der Waals surface area contributed by atoms with E-state index >= 15 is 0 Å². The van der Waals surface area contributed by atoms with Crippen LogP contribution in [-0.4, -0.2) is 35.8 Å². The summed E-state index contributed by atoms with van der Waals surface area (Å²) in [5.74, 6) is -0.492. The molecule has 0 aromatic carbocycles. The van der Waals surface area contributed by atoms with Crippen molar-refractivity contribution in [3.8, 4) is 0 Å². The molecule has 1 aliphatic rings. The van der Waals surface area contributed by atoms with Crippen LogP contribution in [0.25, 0.3) is 0 Å². The average Bonchev–Trinajstić information content (AvgIpc) is 2.97. The van der Waals surface area contributed by atoms with Gasteiger partial charge in [-0.3, -0.25) is 0 Å². The Morgan fingerprint density at radius 3 is 3.06 bits per heavy atom. The van der Waals surface area contributed by atoms with Crippen molar-refractivity contribution < 1.29 is 19.1 Å². The Kier molecular flexibility index (Phi) is 3.09. The second-order valence-corrected chi connectivity index (χ2v) is 3.84. The number of methoxy groups -OCH3 is 1. The number of hydrogen-bond acceptors (Lipinski definition) is 5. The number of carboxylic acids is 1. The Morgan fingerprint density at radius 1 is 1.81 bits per heavy atom. The molecule has 1 fully saturated rings. The van der Waals surface area contributed by atoms with E-state index in [4.69, 9.17) is 14.3 Å². The van der Waals surface area contributed by atoms with Crippen molar-refractivity contribution in [2.24, 2.45) is 5.92 Å². The normalized spacial score (nSPS) is 17.1. The molecule has 0 radical (unpaired) electrons. The largest absolute Gasteiger partial charge is 0.476 e. The molecule has 6 heteroatoms. The molecular formula is C10H14N2O4. The molecule has 1 unspecified atom stereocenters. The fourth-order valence-corrected chi connectivity index (χ4v) is 1.55. The monoisotopic (exact) mass is 226 g/mol. The molecule has 1 aromatic rings. The van der Waals surface area contributed by atoms with Crippen LogP contribution in [0.2, 0.25) is 0 Å². The lowest BCUT2D eigenvalue weighted by Gasteiger charge is -2.13. The fourth-order valence-electron chi connectivity index (χ4n) is 1.55. The Bertz CT molecular complexity index is 373. The first kappa shape index (κ1) is 10.9. The molecule has 16 heavy (non-hydrogen) atoms. The highest BCUT2D eigenvalue weighted by atomic mass is 16.5. The lowest BCUT2D eigenvalue weighted by atomic mass is 10.2. The highest BCUT2D eigenvalue weighted by Crippen LogP contribution is 2.34. The van der Waals surface area contributed by atoms with Gasteiger partial charge in [-0.05, 0) is 18.8 Å². The molecule has 6 nitrogen and oxygen atoms in total. The fraction of sp³-hybridized carbons (Fsp3) is 0.600. The predicted octanol–water partition coefficient (Wildman–Crippen LogP) is 1.21. The van der Waals surface area contributed by atoms with Crippen molar-refractivity contribution in [3.63, 3.8) is 0 Å². The smallest absolute Gasteiger partial charge is 0.357 e. The van der Waals surface area contributed by atoms with Crippen LogP contribution >= 0.6 is 0 Å². The molecule has 1 heterocycles. The third kappa shape index (κ3) is 2.52. The van der Waals surface area contributed by atoms with Crippen LogP contribution in [0.1, 0.15) is 23.3 Å². The summed E-state index contributed by atoms with van der Waals surface area (Å²) >= 11 is 0. The number of anilines is 1. The third-order valence-corrected chi connectivity index (χ3v) is 2.63. The summed E-state index contributed by atoms with van der Waals surface area (Å²) in [5, 5.41) is 11.6. The minimum Gasteiger partial charge on any atom is -0.476 e. The first-order valence-electron chi connectivity index (χ1n) is 5.16. The van der Waals surface area contributed by atoms with E-state index in [1.54, 1.807) is 7.11 Å². The molecule has 1 aliphatic carbocycles. The van der Waals surface area contributed by atoms with E-state index in [9.17, 15) is 4.79 Å². The van der Waals surface area contributed by atoms with Gasteiger partial charge in [0.25, 0.3) is 6.01 Å². The molecule has 1 atom stereocenters. The van der Waals surface area contributed by atoms with Crippen LogP contribution in [0.4, 0.5) is 6.01 Å². The SMILES string of the molecule is COC(CNc1nc(C(=O)O)co1)C1CC1. The zero-order valence-electron chi connectivity index (χ0n) is 8.97. The van der Waals surface area contributed by atoms with E-state index in [0.29, 0.717) is 12.5 Å². The van der Waals surface area contributed by atoms with E-state index < -0.39 is 5.97 Å². The van der Waals surface area contributed by atoms with Gasteiger partial charge in [-0.2, -0.15) is 4.98 Å². The molecule has 1 saturated carbocycles. The number of ether oxygens (including phenoxy) is 1. The summed E-state index contributed by atoms with van der Waals surface area (Å²) in [6.07, 6.45) is 3.63. The van der Waals surface area contributed by atoms with E-state index in [1.807, 2.05) is 0 Å². The van der Waals surface area contributed by atoms with Crippen molar-refractivity contribution in [1.82, 2.24) is 4.98 Å². The maximum atomic E-state index is 10.6. The van der Waals surface area contributed by atoms with Crippen LogP contribution in [-0.2, 0) is 4.74 Å². The molecule has 2 rings (SSSR count). The van der Waals surface area contributed by atoms with E-state index in [2.05, 4.69) is 10.3 Å². The number of aromatic nitrogens is 1. The van der Waals surface area contributed by atoms with Gasteiger partial charge in [-0.1, -0.05) is 0 Å². The summed E-state index contributed by atoms with van der Waals surface area (Å²) < 4.78 is 10.3. The van der Waals surface area contributed by atoms with E-state index in [1.165, 1.54) is 12.8 Å². The molecule has 2 N–H and O–H groups in total. The lowest BCUT2D eigenvalue weighted by molar-refractivity contribution is 0.0690. The summed E-state index contributed by atoms with van der Waals surface area (Å²) in [6, 6.07) is 0.222. The van der Waals surface area contributed by atoms with Gasteiger partial charge in [0.1, 0.15) is 6.26 Å². The van der Waals surface area contributed by atoms with Crippen LogP contribution in [0.5, 0.6) is 0 Å². The van der Waals surface area contributed by atoms with Crippen molar-refractivity contribution in [2.75, 3.05) is 19.0 Å². The lowest BCUT2D eigenvalue weighted by Crippen LogP contribution is -2.24. The van der Waals surface area contributed by atoms with Crippen LogP contribution in [0.3, 0.4) is 0 Å². The zero-order valence-corrected chi connectivity index (χ0v) is 8.97. The zero-order chi connectivity index (χ0) is 11.5. The number of oxazole rings is 1. The van der Waals surface area contributed by atoms with Crippen LogP contribution in [0.15, 0.2) is 10.7 Å². The summed E-state index contributed by atoms with van der Waals surface area (Å²) in [6.45, 7) is 0.584. The van der Waals surface area contributed by atoms with Crippen LogP contribution < -0.4 is 5.32 Å². The highest BCUT2D eigenvalue weighted by molar-refractivity contribution is 5.85. The first-order valence-corrected chi connectivity index (χ1v) is 5.16. The number of rotatable bonds is 6. The van der Waals surface area contributed by atoms with Gasteiger partial charge < -0.3 is 19.6 Å². The average molecular weight is 226 g/mol. The maximum Gasteiger partial charge on any atom is 0.357 e. The van der Waals surface area contributed by atoms with E-state index in [0.717, 1.165) is 6.26 Å². The summed E-state index contributed by atoms with van der Waals surface area (Å²) in [7, 11) is 1.67. The molecule has 0 spiro atoms. The Hall–Kier alpha value is -1.56. The van der Waals surface area contributed by atoms with Gasteiger partial charge in [-0.25, -0.2) is 4.79 Å². The minimum atomic E-state index is -1.10. The van der Waals surface area contributed by atoms with Crippen molar-refractivity contribution in [3.05, 3.63) is 12.0 Å². The molecule has 1 aromatic heterocycles. The molecule has 0 saturated heterocycles. The second kappa shape index (κ2) is 4.52. The number of carboxylic acid groups (broad SMARTS) is 1. The van der Waals surface area contributed by atoms with Gasteiger partial charge in [0.15, 0.2) is 5.69 Å². The van der Waals surface area contributed by atoms with Gasteiger partial charge in [0.05, 0.1) is 6.10 Å². The summed E-state index contributed by atoms with van der Waals surface area (Å²) in [5.41, 5.74) is -0.0945. The molecule has 0 bridgehead atoms. The topological polar surface area (TPSA) is 84.6 Å². The first-order chi connectivity index (χ1) is 7.70. The van der Waals surface area contributed by atoms with Gasteiger partial charge in [0, 0.05) is 13.7 Å². The number of nitrogens with zero attached hydrogens (tertiary/aromatic N) is 1. The van der Waals surface area contributed by atoms with Gasteiger partial charge >= 0.3 is 5.97 Å². The standard InChI is InChI=1S/C10H14N2O4/c1-15-8(6-2-3-6)4-11-10-12-7(5-16-10)9(13)14/h5-6,8H,2-4H2,1H3,(H,11,12)(H,13,14). The molecule has 88 valence electrons. The molecule has 0 amide bonds. The Labute approximate surface area is 92.6 Å². The molecule has 0 aliphatic heterocycles. The van der Waals surface area contributed by atoms with Gasteiger partial charge in [-0.15, -0.1) is 0 Å². The quantitative estimate of drug-likeness (QED) is 0.758. The number of aromatic carboxylic acids is 1. The minimum absolute atomic E-state index is 0.0945.